The molecule has 2 saturated heterocycles. The fraction of sp³-hybridized carbons (Fsp3) is 0.538. The molecule has 198 valence electrons. The Morgan fingerprint density at radius 1 is 1.11 bits per heavy atom. The van der Waals surface area contributed by atoms with E-state index in [1.807, 2.05) is 37.3 Å². The van der Waals surface area contributed by atoms with Crippen LogP contribution in [0.25, 0.3) is 0 Å². The Hall–Kier alpha value is -2.01. The lowest BCUT2D eigenvalue weighted by atomic mass is 9.83. The number of ether oxygens (including phenoxy) is 2. The first kappa shape index (κ1) is 27.0. The smallest absolute Gasteiger partial charge is 0.221 e. The van der Waals surface area contributed by atoms with E-state index in [9.17, 15) is 16.8 Å². The standard InChI is InChI=1S/C26H34FNO6S2/c1-20-8-11-25(21-6-4-3-5-7-21)36(31,32)28(20)17-22-9-10-23(16-24(22)27)34-18-26(19-35(2,29)30)12-14-33-15-13-26/h3-7,9-10,16,20,25H,8,11-15,17-19H2,1-2H3/t20-,25+/m0/s1. The fourth-order valence-electron chi connectivity index (χ4n) is 5.19. The van der Waals surface area contributed by atoms with Gasteiger partial charge in [0.1, 0.15) is 26.7 Å². The fourth-order valence-corrected chi connectivity index (χ4v) is 8.87. The molecule has 2 aliphatic heterocycles. The second-order valence-electron chi connectivity index (χ2n) is 10.1. The Kier molecular flexibility index (Phi) is 8.09. The van der Waals surface area contributed by atoms with Gasteiger partial charge >= 0.3 is 0 Å². The number of benzene rings is 2. The van der Waals surface area contributed by atoms with Gasteiger partial charge in [0, 0.05) is 49.1 Å². The molecule has 7 nitrogen and oxygen atoms in total. The van der Waals surface area contributed by atoms with Crippen LogP contribution in [0.15, 0.2) is 48.5 Å². The highest BCUT2D eigenvalue weighted by Gasteiger charge is 2.41. The highest BCUT2D eigenvalue weighted by molar-refractivity contribution is 7.90. The van der Waals surface area contributed by atoms with Gasteiger partial charge in [-0.15, -0.1) is 0 Å². The van der Waals surface area contributed by atoms with Gasteiger partial charge in [0.05, 0.1) is 12.4 Å². The quantitative estimate of drug-likeness (QED) is 0.502. The first-order chi connectivity index (χ1) is 17.0. The second-order valence-corrected chi connectivity index (χ2v) is 14.3. The number of rotatable bonds is 8. The first-order valence-electron chi connectivity index (χ1n) is 12.2. The largest absolute Gasteiger partial charge is 0.493 e. The summed E-state index contributed by atoms with van der Waals surface area (Å²) in [6.45, 7) is 2.84. The normalized spacial score (nSPS) is 24.3. The molecule has 0 aliphatic carbocycles. The lowest BCUT2D eigenvalue weighted by molar-refractivity contribution is 0.00209. The maximum absolute atomic E-state index is 15.1. The van der Waals surface area contributed by atoms with Crippen molar-refractivity contribution in [2.75, 3.05) is 31.8 Å². The molecule has 0 bridgehead atoms. The number of hydrogen-bond acceptors (Lipinski definition) is 6. The number of halogens is 1. The van der Waals surface area contributed by atoms with Crippen LogP contribution in [0, 0.1) is 11.2 Å². The lowest BCUT2D eigenvalue weighted by Gasteiger charge is -2.37. The molecule has 0 aromatic heterocycles. The van der Waals surface area contributed by atoms with Crippen molar-refractivity contribution in [3.8, 4) is 5.75 Å². The van der Waals surface area contributed by atoms with Gasteiger partial charge in [-0.25, -0.2) is 21.2 Å². The summed E-state index contributed by atoms with van der Waals surface area (Å²) < 4.78 is 78.7. The van der Waals surface area contributed by atoms with Gasteiger partial charge in [-0.2, -0.15) is 4.31 Å². The third kappa shape index (κ3) is 6.27. The second kappa shape index (κ2) is 10.8. The van der Waals surface area contributed by atoms with E-state index in [2.05, 4.69) is 0 Å². The van der Waals surface area contributed by atoms with E-state index < -0.39 is 36.3 Å². The van der Waals surface area contributed by atoms with Crippen LogP contribution in [0.5, 0.6) is 5.75 Å². The summed E-state index contributed by atoms with van der Waals surface area (Å²) in [7, 11) is -6.91. The van der Waals surface area contributed by atoms with E-state index >= 15 is 4.39 Å². The van der Waals surface area contributed by atoms with Crippen LogP contribution in [0.2, 0.25) is 0 Å². The molecule has 0 unspecified atom stereocenters. The van der Waals surface area contributed by atoms with Crippen LogP contribution >= 0.6 is 0 Å². The van der Waals surface area contributed by atoms with Crippen LogP contribution in [-0.2, 0) is 31.1 Å². The van der Waals surface area contributed by atoms with Crippen molar-refractivity contribution in [2.45, 2.75) is 50.4 Å². The molecular weight excluding hydrogens is 505 g/mol. The molecule has 2 aliphatic rings. The van der Waals surface area contributed by atoms with Gasteiger partial charge in [-0.1, -0.05) is 36.4 Å². The summed E-state index contributed by atoms with van der Waals surface area (Å²) in [6.07, 6.45) is 3.52. The van der Waals surface area contributed by atoms with Crippen molar-refractivity contribution in [3.63, 3.8) is 0 Å². The summed E-state index contributed by atoms with van der Waals surface area (Å²) >= 11 is 0. The summed E-state index contributed by atoms with van der Waals surface area (Å²) in [5.41, 5.74) is 0.434. The minimum absolute atomic E-state index is 0.0167. The first-order valence-corrected chi connectivity index (χ1v) is 15.8. The molecule has 2 aromatic carbocycles. The van der Waals surface area contributed by atoms with Crippen molar-refractivity contribution in [1.82, 2.24) is 4.31 Å². The molecule has 0 N–H and O–H groups in total. The summed E-state index contributed by atoms with van der Waals surface area (Å²) in [5.74, 6) is -0.287. The molecule has 2 aromatic rings. The van der Waals surface area contributed by atoms with E-state index in [0.29, 0.717) is 38.9 Å². The minimum atomic E-state index is -3.68. The predicted octanol–water partition coefficient (Wildman–Crippen LogP) is 4.10. The zero-order valence-corrected chi connectivity index (χ0v) is 22.4. The van der Waals surface area contributed by atoms with E-state index in [-0.39, 0.29) is 36.3 Å². The monoisotopic (exact) mass is 539 g/mol. The topological polar surface area (TPSA) is 90.0 Å². The van der Waals surface area contributed by atoms with Crippen LogP contribution in [0.1, 0.15) is 49.0 Å². The Balaban J connectivity index is 1.48. The van der Waals surface area contributed by atoms with E-state index in [1.54, 1.807) is 12.1 Å². The van der Waals surface area contributed by atoms with Crippen LogP contribution < -0.4 is 4.74 Å². The number of sulfonamides is 1. The van der Waals surface area contributed by atoms with Crippen molar-refractivity contribution in [3.05, 3.63) is 65.5 Å². The molecule has 10 heteroatoms. The summed E-state index contributed by atoms with van der Waals surface area (Å²) in [4.78, 5) is 0. The Bertz CT molecular complexity index is 1260. The highest BCUT2D eigenvalue weighted by Crippen LogP contribution is 2.38. The van der Waals surface area contributed by atoms with Gasteiger partial charge in [-0.05, 0) is 44.2 Å². The molecule has 0 spiro atoms. The number of hydrogen-bond donors (Lipinski definition) is 0. The molecular formula is C26H34FNO6S2. The SMILES string of the molecule is C[C@H]1CC[C@H](c2ccccc2)S(=O)(=O)N1Cc1ccc(OCC2(CS(C)(=O)=O)CCOCC2)cc1F. The molecule has 2 fully saturated rings. The van der Waals surface area contributed by atoms with E-state index in [0.717, 1.165) is 5.56 Å². The van der Waals surface area contributed by atoms with Crippen LogP contribution in [-0.4, -0.2) is 59.0 Å². The molecule has 2 heterocycles. The Morgan fingerprint density at radius 3 is 2.44 bits per heavy atom. The van der Waals surface area contributed by atoms with E-state index in [1.165, 1.54) is 16.6 Å². The minimum Gasteiger partial charge on any atom is -0.493 e. The van der Waals surface area contributed by atoms with E-state index in [4.69, 9.17) is 9.47 Å². The lowest BCUT2D eigenvalue weighted by Crippen LogP contribution is -2.44. The third-order valence-electron chi connectivity index (χ3n) is 7.21. The van der Waals surface area contributed by atoms with Gasteiger partial charge in [-0.3, -0.25) is 0 Å². The number of sulfone groups is 1. The van der Waals surface area contributed by atoms with Crippen molar-refractivity contribution in [1.29, 1.82) is 0 Å². The maximum Gasteiger partial charge on any atom is 0.221 e. The zero-order chi connectivity index (χ0) is 26.0. The molecule has 0 radical (unpaired) electrons. The highest BCUT2D eigenvalue weighted by atomic mass is 32.2. The van der Waals surface area contributed by atoms with Crippen molar-refractivity contribution in [2.24, 2.45) is 5.41 Å². The molecule has 0 saturated carbocycles. The van der Waals surface area contributed by atoms with Gasteiger partial charge < -0.3 is 9.47 Å². The van der Waals surface area contributed by atoms with Gasteiger partial charge in [0.15, 0.2) is 0 Å². The third-order valence-corrected chi connectivity index (χ3v) is 10.7. The van der Waals surface area contributed by atoms with Crippen LogP contribution in [0.4, 0.5) is 4.39 Å². The zero-order valence-electron chi connectivity index (χ0n) is 20.7. The summed E-state index contributed by atoms with van der Waals surface area (Å²) in [6, 6.07) is 13.3. The predicted molar refractivity (Wildman–Crippen MR) is 136 cm³/mol. The average Bonchev–Trinajstić information content (AvgIpc) is 2.81. The Morgan fingerprint density at radius 2 is 1.81 bits per heavy atom. The number of nitrogens with zero attached hydrogens (tertiary/aromatic N) is 1. The molecule has 4 rings (SSSR count). The Labute approximate surface area is 213 Å². The van der Waals surface area contributed by atoms with Gasteiger partial charge in [0.25, 0.3) is 0 Å². The average molecular weight is 540 g/mol. The molecule has 2 atom stereocenters. The van der Waals surface area contributed by atoms with Crippen molar-refractivity contribution >= 4 is 19.9 Å². The molecule has 36 heavy (non-hydrogen) atoms. The van der Waals surface area contributed by atoms with Crippen molar-refractivity contribution < 1.29 is 30.7 Å². The maximum atomic E-state index is 15.1. The molecule has 0 amide bonds. The summed E-state index contributed by atoms with van der Waals surface area (Å²) in [5, 5.41) is -0.647. The van der Waals surface area contributed by atoms with Gasteiger partial charge in [0.2, 0.25) is 10.0 Å². The van der Waals surface area contributed by atoms with Crippen LogP contribution in [0.3, 0.4) is 0 Å².